The Morgan fingerprint density at radius 3 is 2.35 bits per heavy atom. The zero-order valence-corrected chi connectivity index (χ0v) is 12.2. The van der Waals surface area contributed by atoms with Gasteiger partial charge in [-0.3, -0.25) is 4.79 Å². The zero-order chi connectivity index (χ0) is 13.2. The average Bonchev–Trinajstić information content (AvgIpc) is 2.56. The standard InChI is InChI=1S/C14H28N2O/c1-10(2)16(6)13(17)11(3)15-12-8-7-9-14(12,4)5/h10-12,15H,7-9H2,1-6H3. The molecule has 0 radical (unpaired) electrons. The summed E-state index contributed by atoms with van der Waals surface area (Å²) in [6.45, 7) is 10.7. The van der Waals surface area contributed by atoms with Crippen LogP contribution >= 0.6 is 0 Å². The molecule has 1 amide bonds. The maximum atomic E-state index is 12.1. The molecular formula is C14H28N2O. The van der Waals surface area contributed by atoms with Crippen molar-refractivity contribution in [3.8, 4) is 0 Å². The Balaban J connectivity index is 2.54. The number of nitrogens with zero attached hydrogens (tertiary/aromatic N) is 1. The van der Waals surface area contributed by atoms with Crippen LogP contribution in [0, 0.1) is 5.41 Å². The second-order valence-electron chi connectivity index (χ2n) is 6.36. The lowest BCUT2D eigenvalue weighted by atomic mass is 9.87. The normalized spacial score (nSPS) is 25.0. The van der Waals surface area contributed by atoms with Crippen LogP contribution in [0.15, 0.2) is 0 Å². The molecular weight excluding hydrogens is 212 g/mol. The quantitative estimate of drug-likeness (QED) is 0.818. The van der Waals surface area contributed by atoms with Gasteiger partial charge in [0, 0.05) is 19.1 Å². The van der Waals surface area contributed by atoms with E-state index in [9.17, 15) is 4.79 Å². The summed E-state index contributed by atoms with van der Waals surface area (Å²) in [6.07, 6.45) is 3.72. The molecule has 2 atom stereocenters. The summed E-state index contributed by atoms with van der Waals surface area (Å²) >= 11 is 0. The lowest BCUT2D eigenvalue weighted by Gasteiger charge is -2.32. The van der Waals surface area contributed by atoms with Gasteiger partial charge in [0.1, 0.15) is 0 Å². The summed E-state index contributed by atoms with van der Waals surface area (Å²) in [7, 11) is 1.88. The SMILES string of the molecule is CC(NC1CCCC1(C)C)C(=O)N(C)C(C)C. The summed E-state index contributed by atoms with van der Waals surface area (Å²) in [6, 6.07) is 0.662. The van der Waals surface area contributed by atoms with Crippen molar-refractivity contribution in [2.45, 2.75) is 72.0 Å². The summed E-state index contributed by atoms with van der Waals surface area (Å²) < 4.78 is 0. The Bertz CT molecular complexity index is 273. The first-order valence-corrected chi connectivity index (χ1v) is 6.78. The van der Waals surface area contributed by atoms with Crippen LogP contribution in [0.25, 0.3) is 0 Å². The van der Waals surface area contributed by atoms with Crippen LogP contribution in [0.5, 0.6) is 0 Å². The Hall–Kier alpha value is -0.570. The number of amides is 1. The molecule has 0 aromatic rings. The molecule has 1 saturated carbocycles. The number of carbonyl (C=O) groups excluding carboxylic acids is 1. The van der Waals surface area contributed by atoms with Gasteiger partial charge in [-0.15, -0.1) is 0 Å². The van der Waals surface area contributed by atoms with Gasteiger partial charge in [-0.2, -0.15) is 0 Å². The van der Waals surface area contributed by atoms with E-state index in [0.29, 0.717) is 11.5 Å². The number of rotatable bonds is 4. The summed E-state index contributed by atoms with van der Waals surface area (Å²) in [5, 5.41) is 3.51. The molecule has 3 heteroatoms. The van der Waals surface area contributed by atoms with E-state index in [1.807, 2.05) is 32.7 Å². The molecule has 17 heavy (non-hydrogen) atoms. The Kier molecular flexibility index (Phi) is 4.59. The van der Waals surface area contributed by atoms with Crippen molar-refractivity contribution in [3.63, 3.8) is 0 Å². The van der Waals surface area contributed by atoms with Crippen molar-refractivity contribution < 1.29 is 4.79 Å². The molecule has 0 bridgehead atoms. The molecule has 1 aliphatic rings. The van der Waals surface area contributed by atoms with Crippen molar-refractivity contribution in [1.29, 1.82) is 0 Å². The molecule has 0 aromatic carbocycles. The molecule has 1 aliphatic carbocycles. The molecule has 0 saturated heterocycles. The Labute approximate surface area is 106 Å². The van der Waals surface area contributed by atoms with Gasteiger partial charge in [-0.25, -0.2) is 0 Å². The third-order valence-corrected chi connectivity index (χ3v) is 4.20. The number of hydrogen-bond acceptors (Lipinski definition) is 2. The van der Waals surface area contributed by atoms with Gasteiger partial charge < -0.3 is 10.2 Å². The fourth-order valence-corrected chi connectivity index (χ4v) is 2.57. The molecule has 0 heterocycles. The van der Waals surface area contributed by atoms with Crippen LogP contribution in [0.4, 0.5) is 0 Å². The first kappa shape index (κ1) is 14.5. The highest BCUT2D eigenvalue weighted by Gasteiger charge is 2.36. The summed E-state index contributed by atoms with van der Waals surface area (Å²) in [5.74, 6) is 0.197. The molecule has 1 N–H and O–H groups in total. The Morgan fingerprint density at radius 2 is 1.94 bits per heavy atom. The van der Waals surface area contributed by atoms with E-state index < -0.39 is 0 Å². The molecule has 100 valence electrons. The van der Waals surface area contributed by atoms with Crippen LogP contribution in [0.3, 0.4) is 0 Å². The second-order valence-corrected chi connectivity index (χ2v) is 6.36. The van der Waals surface area contributed by atoms with Crippen LogP contribution in [0.2, 0.25) is 0 Å². The van der Waals surface area contributed by atoms with Crippen molar-refractivity contribution in [2.75, 3.05) is 7.05 Å². The van der Waals surface area contributed by atoms with Gasteiger partial charge in [-0.1, -0.05) is 20.3 Å². The van der Waals surface area contributed by atoms with Crippen molar-refractivity contribution >= 4 is 5.91 Å². The van der Waals surface area contributed by atoms with E-state index in [1.54, 1.807) is 0 Å². The zero-order valence-electron chi connectivity index (χ0n) is 12.2. The summed E-state index contributed by atoms with van der Waals surface area (Å²) in [5.41, 5.74) is 0.324. The second kappa shape index (κ2) is 5.38. The first-order valence-electron chi connectivity index (χ1n) is 6.78. The fraction of sp³-hybridized carbons (Fsp3) is 0.929. The highest BCUT2D eigenvalue weighted by molar-refractivity contribution is 5.81. The third-order valence-electron chi connectivity index (χ3n) is 4.20. The van der Waals surface area contributed by atoms with Gasteiger partial charge in [-0.05, 0) is 39.0 Å². The highest BCUT2D eigenvalue weighted by atomic mass is 16.2. The average molecular weight is 240 g/mol. The van der Waals surface area contributed by atoms with Crippen LogP contribution in [-0.4, -0.2) is 36.0 Å². The largest absolute Gasteiger partial charge is 0.342 e. The monoisotopic (exact) mass is 240 g/mol. The number of nitrogens with one attached hydrogen (secondary N) is 1. The van der Waals surface area contributed by atoms with Gasteiger partial charge in [0.25, 0.3) is 0 Å². The van der Waals surface area contributed by atoms with E-state index in [4.69, 9.17) is 0 Å². The Morgan fingerprint density at radius 1 is 1.35 bits per heavy atom. The third kappa shape index (κ3) is 3.44. The number of carbonyl (C=O) groups is 1. The minimum absolute atomic E-state index is 0.0789. The van der Waals surface area contributed by atoms with E-state index in [-0.39, 0.29) is 18.0 Å². The van der Waals surface area contributed by atoms with Gasteiger partial charge in [0.2, 0.25) is 5.91 Å². The molecule has 0 aliphatic heterocycles. The van der Waals surface area contributed by atoms with Gasteiger partial charge >= 0.3 is 0 Å². The predicted molar refractivity (Wildman–Crippen MR) is 71.9 cm³/mol. The maximum Gasteiger partial charge on any atom is 0.239 e. The summed E-state index contributed by atoms with van der Waals surface area (Å²) in [4.78, 5) is 14.0. The lowest BCUT2D eigenvalue weighted by molar-refractivity contribution is -0.133. The first-order chi connectivity index (χ1) is 7.75. The fourth-order valence-electron chi connectivity index (χ4n) is 2.57. The number of likely N-dealkylation sites (N-methyl/N-ethyl adjacent to an activating group) is 1. The lowest BCUT2D eigenvalue weighted by Crippen LogP contribution is -2.51. The van der Waals surface area contributed by atoms with E-state index in [2.05, 4.69) is 19.2 Å². The van der Waals surface area contributed by atoms with Crippen molar-refractivity contribution in [1.82, 2.24) is 10.2 Å². The van der Waals surface area contributed by atoms with Gasteiger partial charge in [0.15, 0.2) is 0 Å². The molecule has 1 rings (SSSR count). The molecule has 0 aromatic heterocycles. The minimum atomic E-state index is -0.0789. The number of hydrogen-bond donors (Lipinski definition) is 1. The smallest absolute Gasteiger partial charge is 0.239 e. The van der Waals surface area contributed by atoms with Crippen molar-refractivity contribution in [2.24, 2.45) is 5.41 Å². The topological polar surface area (TPSA) is 32.3 Å². The highest BCUT2D eigenvalue weighted by Crippen LogP contribution is 2.37. The van der Waals surface area contributed by atoms with Crippen molar-refractivity contribution in [3.05, 3.63) is 0 Å². The van der Waals surface area contributed by atoms with Gasteiger partial charge in [0.05, 0.1) is 6.04 Å². The van der Waals surface area contributed by atoms with Crippen LogP contribution in [0.1, 0.15) is 53.9 Å². The van der Waals surface area contributed by atoms with E-state index >= 15 is 0 Å². The molecule has 0 spiro atoms. The predicted octanol–water partition coefficient (Wildman–Crippen LogP) is 2.41. The van der Waals surface area contributed by atoms with E-state index in [0.717, 1.165) is 0 Å². The maximum absolute atomic E-state index is 12.1. The van der Waals surface area contributed by atoms with Crippen LogP contribution in [-0.2, 0) is 4.79 Å². The van der Waals surface area contributed by atoms with Crippen LogP contribution < -0.4 is 5.32 Å². The molecule has 3 nitrogen and oxygen atoms in total. The molecule has 1 fully saturated rings. The van der Waals surface area contributed by atoms with E-state index in [1.165, 1.54) is 19.3 Å². The molecule has 2 unspecified atom stereocenters. The minimum Gasteiger partial charge on any atom is -0.342 e.